The third kappa shape index (κ3) is 3.53. The summed E-state index contributed by atoms with van der Waals surface area (Å²) in [5.74, 6) is 0. The molecule has 0 aliphatic heterocycles. The van der Waals surface area contributed by atoms with Crippen LogP contribution in [-0.2, 0) is 10.0 Å². The maximum atomic E-state index is 12.5. The van der Waals surface area contributed by atoms with Gasteiger partial charge in [0.2, 0.25) is 0 Å². The second-order valence-corrected chi connectivity index (χ2v) is 9.78. The number of aromatic amines is 1. The predicted molar refractivity (Wildman–Crippen MR) is 109 cm³/mol. The summed E-state index contributed by atoms with van der Waals surface area (Å²) in [6.07, 6.45) is 1.49. The molecule has 0 unspecified atom stereocenters. The fourth-order valence-electron chi connectivity index (χ4n) is 2.66. The van der Waals surface area contributed by atoms with Crippen LogP contribution in [0.25, 0.3) is 22.3 Å². The number of nitrogens with zero attached hydrogens (tertiary/aromatic N) is 2. The van der Waals surface area contributed by atoms with Crippen molar-refractivity contribution < 1.29 is 8.42 Å². The van der Waals surface area contributed by atoms with Crippen LogP contribution in [0.15, 0.2) is 46.9 Å². The number of hydrogen-bond acceptors (Lipinski definition) is 5. The molecule has 0 bridgehead atoms. The lowest BCUT2D eigenvalue weighted by atomic mass is 10.1. The highest BCUT2D eigenvalue weighted by Crippen LogP contribution is 2.35. The zero-order valence-electron chi connectivity index (χ0n) is 13.8. The number of aryl methyl sites for hydroxylation is 1. The van der Waals surface area contributed by atoms with E-state index >= 15 is 0 Å². The first-order valence-electron chi connectivity index (χ1n) is 7.72. The Morgan fingerprint density at radius 3 is 2.52 bits per heavy atom. The molecule has 0 amide bonds. The molecule has 3 aromatic heterocycles. The van der Waals surface area contributed by atoms with E-state index in [0.717, 1.165) is 39.3 Å². The first kappa shape index (κ1) is 18.2. The number of halogens is 2. The van der Waals surface area contributed by atoms with Gasteiger partial charge in [0.25, 0.3) is 10.0 Å². The molecule has 138 valence electrons. The van der Waals surface area contributed by atoms with E-state index in [-0.39, 0.29) is 13.6 Å². The average molecular weight is 439 g/mol. The highest BCUT2D eigenvalue weighted by molar-refractivity contribution is 7.94. The van der Waals surface area contributed by atoms with Gasteiger partial charge >= 0.3 is 0 Å². The highest BCUT2D eigenvalue weighted by Gasteiger charge is 2.19. The lowest BCUT2D eigenvalue weighted by molar-refractivity contribution is 0.603. The van der Waals surface area contributed by atoms with Crippen LogP contribution in [0.3, 0.4) is 0 Å². The second-order valence-electron chi connectivity index (χ2n) is 5.81. The quantitative estimate of drug-likeness (QED) is 0.463. The lowest BCUT2D eigenvalue weighted by Crippen LogP contribution is -2.11. The molecule has 4 aromatic rings. The van der Waals surface area contributed by atoms with E-state index in [2.05, 4.69) is 19.7 Å². The summed E-state index contributed by atoms with van der Waals surface area (Å²) in [5, 5.41) is 1.12. The van der Waals surface area contributed by atoms with Crippen LogP contribution in [0.5, 0.6) is 0 Å². The number of H-pyrrole nitrogens is 1. The molecule has 1 aromatic carbocycles. The molecule has 0 aliphatic rings. The number of aromatic nitrogens is 3. The first-order chi connectivity index (χ1) is 12.8. The molecule has 4 rings (SSSR count). The number of anilines is 1. The van der Waals surface area contributed by atoms with E-state index in [1.165, 1.54) is 12.4 Å². The number of thiophene rings is 1. The van der Waals surface area contributed by atoms with E-state index < -0.39 is 10.0 Å². The van der Waals surface area contributed by atoms with Crippen LogP contribution in [0.1, 0.15) is 5.69 Å². The molecule has 0 fully saturated rings. The standard InChI is InChI=1S/C17H12Cl2N4O2S2/c1-9-6-12-15(20-8-21-17(12)22-9)10-2-4-11(5-3-10)23-27(24,25)14-7-13(18)16(19)26-14/h2-8,23H,1H3,(H,20,21,22). The van der Waals surface area contributed by atoms with Crippen molar-refractivity contribution in [2.45, 2.75) is 11.1 Å². The predicted octanol–water partition coefficient (Wildman–Crippen LogP) is 5.10. The molecule has 0 atom stereocenters. The Balaban J connectivity index is 1.64. The maximum absolute atomic E-state index is 12.5. The average Bonchev–Trinajstić information content (AvgIpc) is 3.17. The van der Waals surface area contributed by atoms with Crippen molar-refractivity contribution in [1.82, 2.24) is 15.0 Å². The smallest absolute Gasteiger partial charge is 0.271 e. The largest absolute Gasteiger partial charge is 0.343 e. The van der Waals surface area contributed by atoms with E-state index in [9.17, 15) is 8.42 Å². The molecule has 0 aliphatic carbocycles. The van der Waals surface area contributed by atoms with E-state index in [1.54, 1.807) is 24.3 Å². The molecule has 3 heterocycles. The third-order valence-corrected chi connectivity index (χ3v) is 7.58. The van der Waals surface area contributed by atoms with Crippen molar-refractivity contribution in [3.63, 3.8) is 0 Å². The van der Waals surface area contributed by atoms with Gasteiger partial charge < -0.3 is 4.98 Å². The number of benzene rings is 1. The fraction of sp³-hybridized carbons (Fsp3) is 0.0588. The van der Waals surface area contributed by atoms with E-state index in [0.29, 0.717) is 5.69 Å². The van der Waals surface area contributed by atoms with Crippen molar-refractivity contribution in [1.29, 1.82) is 0 Å². The van der Waals surface area contributed by atoms with Gasteiger partial charge in [-0.05, 0) is 31.2 Å². The van der Waals surface area contributed by atoms with Gasteiger partial charge in [-0.1, -0.05) is 35.3 Å². The molecule has 2 N–H and O–H groups in total. The van der Waals surface area contributed by atoms with Crippen molar-refractivity contribution in [2.75, 3.05) is 4.72 Å². The molecular weight excluding hydrogens is 427 g/mol. The SMILES string of the molecule is Cc1cc2c(-c3ccc(NS(=O)(=O)c4cc(Cl)c(Cl)s4)cc3)ncnc2[nH]1. The third-order valence-electron chi connectivity index (χ3n) is 3.86. The summed E-state index contributed by atoms with van der Waals surface area (Å²) in [7, 11) is -3.75. The summed E-state index contributed by atoms with van der Waals surface area (Å²) in [5.41, 5.74) is 3.80. The van der Waals surface area contributed by atoms with Crippen molar-refractivity contribution in [3.8, 4) is 11.3 Å². The van der Waals surface area contributed by atoms with Gasteiger partial charge in [0, 0.05) is 22.3 Å². The Bertz CT molecular complexity index is 1230. The summed E-state index contributed by atoms with van der Waals surface area (Å²) in [4.78, 5) is 11.7. The van der Waals surface area contributed by atoms with Gasteiger partial charge in [-0.2, -0.15) is 0 Å². The normalized spacial score (nSPS) is 11.8. The van der Waals surface area contributed by atoms with Crippen LogP contribution in [0, 0.1) is 6.92 Å². The van der Waals surface area contributed by atoms with Gasteiger partial charge in [0.1, 0.15) is 20.5 Å². The summed E-state index contributed by atoms with van der Waals surface area (Å²) < 4.78 is 27.7. The highest BCUT2D eigenvalue weighted by atomic mass is 35.5. The number of fused-ring (bicyclic) bond motifs is 1. The fourth-order valence-corrected chi connectivity index (χ4v) is 5.60. The topological polar surface area (TPSA) is 87.7 Å². The van der Waals surface area contributed by atoms with Crippen molar-refractivity contribution >= 4 is 61.3 Å². The number of rotatable bonds is 4. The Labute approximate surface area is 169 Å². The Morgan fingerprint density at radius 1 is 1.11 bits per heavy atom. The number of nitrogens with one attached hydrogen (secondary N) is 2. The Hall–Kier alpha value is -2.13. The van der Waals surface area contributed by atoms with Gasteiger partial charge in [-0.25, -0.2) is 18.4 Å². The van der Waals surface area contributed by atoms with Crippen LogP contribution in [0.2, 0.25) is 9.36 Å². The van der Waals surface area contributed by atoms with Gasteiger partial charge in [0.15, 0.2) is 0 Å². The lowest BCUT2D eigenvalue weighted by Gasteiger charge is -2.07. The molecule has 27 heavy (non-hydrogen) atoms. The van der Waals surface area contributed by atoms with Gasteiger partial charge in [-0.15, -0.1) is 11.3 Å². The minimum Gasteiger partial charge on any atom is -0.343 e. The minimum atomic E-state index is -3.75. The molecule has 0 spiro atoms. The molecule has 6 nitrogen and oxygen atoms in total. The van der Waals surface area contributed by atoms with Crippen LogP contribution >= 0.6 is 34.5 Å². The van der Waals surface area contributed by atoms with Crippen LogP contribution < -0.4 is 4.72 Å². The van der Waals surface area contributed by atoms with Crippen molar-refractivity contribution in [3.05, 3.63) is 57.8 Å². The second kappa shape index (κ2) is 6.79. The zero-order chi connectivity index (χ0) is 19.2. The van der Waals surface area contributed by atoms with Gasteiger partial charge in [0.05, 0.1) is 10.7 Å². The number of hydrogen-bond donors (Lipinski definition) is 2. The monoisotopic (exact) mass is 438 g/mol. The van der Waals surface area contributed by atoms with Crippen LogP contribution in [-0.4, -0.2) is 23.4 Å². The maximum Gasteiger partial charge on any atom is 0.271 e. The molecule has 0 saturated heterocycles. The van der Waals surface area contributed by atoms with Crippen molar-refractivity contribution in [2.24, 2.45) is 0 Å². The molecule has 10 heteroatoms. The number of sulfonamides is 1. The Morgan fingerprint density at radius 2 is 1.85 bits per heavy atom. The molecule has 0 radical (unpaired) electrons. The minimum absolute atomic E-state index is 0.0573. The van der Waals surface area contributed by atoms with Gasteiger partial charge in [-0.3, -0.25) is 4.72 Å². The van der Waals surface area contributed by atoms with E-state index in [1.807, 2.05) is 13.0 Å². The Kier molecular flexibility index (Phi) is 4.59. The molecular formula is C17H12Cl2N4O2S2. The zero-order valence-corrected chi connectivity index (χ0v) is 17.0. The molecule has 0 saturated carbocycles. The summed E-state index contributed by atoms with van der Waals surface area (Å²) >= 11 is 12.6. The first-order valence-corrected chi connectivity index (χ1v) is 10.8. The summed E-state index contributed by atoms with van der Waals surface area (Å²) in [6.45, 7) is 1.95. The van der Waals surface area contributed by atoms with Crippen LogP contribution in [0.4, 0.5) is 5.69 Å². The summed E-state index contributed by atoms with van der Waals surface area (Å²) in [6, 6.07) is 10.3. The van der Waals surface area contributed by atoms with E-state index in [4.69, 9.17) is 23.2 Å².